The summed E-state index contributed by atoms with van der Waals surface area (Å²) in [6.45, 7) is 8.79. The molecule has 0 saturated heterocycles. The first-order valence-corrected chi connectivity index (χ1v) is 23.0. The second kappa shape index (κ2) is 25.5. The molecule has 306 valence electrons. The van der Waals surface area contributed by atoms with Crippen LogP contribution in [0.4, 0.5) is 11.4 Å². The van der Waals surface area contributed by atoms with Crippen LogP contribution >= 0.6 is 12.0 Å². The van der Waals surface area contributed by atoms with E-state index in [1.807, 2.05) is 73.6 Å². The predicted octanol–water partition coefficient (Wildman–Crippen LogP) is -5.86. The van der Waals surface area contributed by atoms with Gasteiger partial charge < -0.3 is 33.3 Å². The van der Waals surface area contributed by atoms with E-state index in [1.165, 1.54) is 0 Å². The minimum absolute atomic E-state index is 0. The molecule has 0 amide bonds. The molecule has 0 aromatic heterocycles. The fourth-order valence-corrected chi connectivity index (χ4v) is 8.57. The summed E-state index contributed by atoms with van der Waals surface area (Å²) in [7, 11) is -13.3. The molecule has 0 N–H and O–H groups in total. The van der Waals surface area contributed by atoms with Crippen LogP contribution in [0.1, 0.15) is 64.5 Å². The Labute approximate surface area is 473 Å². The molecular formula is C35H45K3N2O14S4. The van der Waals surface area contributed by atoms with Crippen molar-refractivity contribution >= 4 is 59.5 Å². The standard InChI is InChI=1S/C35H48N2O14S4.3K/c1-34(2)28-24-26(48-18-8-20-52-51-50-38)12-14-30(28)36(16-6-21-53(39,40)41)32(34)10-5-11-33-35(3,4)29-25-27(49-19-9-23-55(45,46)47)13-15-31(29)37(33)17-7-22-54(42,43)44;;;/h5,10-15,24-25H,6-9,16-23H2,1-4H3,(H3-,38,39,40,41,42,43,44,45,46,47);;;/q;3*+1/p-3. The Balaban J connectivity index is 0.00000561. The fraction of sp³-hybridized carbons (Fsp3) is 0.514. The second-order valence-electron chi connectivity index (χ2n) is 14.1. The normalized spacial score (nSPS) is 16.4. The summed E-state index contributed by atoms with van der Waals surface area (Å²) in [5.41, 5.74) is 3.67. The summed E-state index contributed by atoms with van der Waals surface area (Å²) in [6.07, 6.45) is 6.40. The number of hydrogen-bond donors (Lipinski definition) is 0. The van der Waals surface area contributed by atoms with Gasteiger partial charge >= 0.3 is 154 Å². The molecule has 0 unspecified atom stereocenters. The average molecular weight is 963 g/mol. The first kappa shape index (κ1) is 57.9. The van der Waals surface area contributed by atoms with Gasteiger partial charge in [-0.1, -0.05) is 19.9 Å². The van der Waals surface area contributed by atoms with Crippen molar-refractivity contribution < 1.29 is 222 Å². The molecule has 2 aliphatic rings. The van der Waals surface area contributed by atoms with Gasteiger partial charge in [0.15, 0.2) is 5.71 Å². The van der Waals surface area contributed by atoms with Crippen molar-refractivity contribution in [1.82, 2.24) is 0 Å². The molecule has 4 rings (SSSR count). The molecule has 16 nitrogen and oxygen atoms in total. The van der Waals surface area contributed by atoms with Crippen molar-refractivity contribution in [2.45, 2.75) is 64.2 Å². The fourth-order valence-electron chi connectivity index (χ4n) is 6.79. The van der Waals surface area contributed by atoms with Gasteiger partial charge in [-0.15, -0.1) is 0 Å². The minimum Gasteiger partial charge on any atom is -0.748 e. The topological polar surface area (TPSA) is 238 Å². The molecule has 0 aliphatic carbocycles. The van der Waals surface area contributed by atoms with Crippen molar-refractivity contribution in [1.29, 1.82) is 0 Å². The van der Waals surface area contributed by atoms with Gasteiger partial charge in [0.25, 0.3) is 0 Å². The van der Waals surface area contributed by atoms with Crippen LogP contribution in [0.3, 0.4) is 0 Å². The molecule has 2 aliphatic heterocycles. The number of allylic oxidation sites excluding steroid dienone is 4. The van der Waals surface area contributed by atoms with E-state index in [0.29, 0.717) is 30.3 Å². The molecule has 2 aromatic rings. The zero-order chi connectivity index (χ0) is 40.7. The summed E-state index contributed by atoms with van der Waals surface area (Å²) in [4.78, 5) is 1.98. The Morgan fingerprint density at radius 2 is 1.29 bits per heavy atom. The van der Waals surface area contributed by atoms with Crippen LogP contribution in [-0.4, -0.2) is 98.5 Å². The Morgan fingerprint density at radius 3 is 1.90 bits per heavy atom. The molecule has 58 heavy (non-hydrogen) atoms. The SMILES string of the molecule is CC1(C)C(C=C/C=C2/N(CCCS(=O)(=O)[O-])c3ccc(OCCCSOO[O-])cc3C2(C)C)=[N+](CCCS(=O)(=O)[O-])c2ccc(OCCCS(=O)(=O)[O-])cc21.[K+].[K+].[K+]. The molecule has 2 heterocycles. The third-order valence-corrected chi connectivity index (χ3v) is 12.3. The average Bonchev–Trinajstić information content (AvgIpc) is 3.41. The zero-order valence-electron chi connectivity index (χ0n) is 33.9. The quantitative estimate of drug-likeness (QED) is 0.0203. The minimum atomic E-state index is -4.46. The summed E-state index contributed by atoms with van der Waals surface area (Å²) >= 11 is 0.867. The maximum Gasteiger partial charge on any atom is 1.00 e. The second-order valence-corrected chi connectivity index (χ2v) is 19.4. The predicted molar refractivity (Wildman–Crippen MR) is 201 cm³/mol. The number of rotatable bonds is 22. The number of fused-ring (bicyclic) bond motifs is 2. The summed E-state index contributed by atoms with van der Waals surface area (Å²) in [5, 5.41) is 13.3. The molecule has 0 bridgehead atoms. The largest absolute Gasteiger partial charge is 1.00 e. The van der Waals surface area contributed by atoms with E-state index in [0.717, 1.165) is 46.0 Å². The van der Waals surface area contributed by atoms with E-state index in [1.54, 1.807) is 18.2 Å². The van der Waals surface area contributed by atoms with Crippen molar-refractivity contribution in [2.24, 2.45) is 0 Å². The van der Waals surface area contributed by atoms with Crippen molar-refractivity contribution in [3.8, 4) is 11.5 Å². The number of anilines is 1. The number of nitrogens with zero attached hydrogens (tertiary/aromatic N) is 2. The first-order chi connectivity index (χ1) is 25.6. The summed E-state index contributed by atoms with van der Waals surface area (Å²) in [6, 6.07) is 10.9. The maximum absolute atomic E-state index is 11.5. The number of benzene rings is 2. The monoisotopic (exact) mass is 962 g/mol. The molecule has 0 saturated carbocycles. The van der Waals surface area contributed by atoms with Crippen LogP contribution in [0.2, 0.25) is 0 Å². The van der Waals surface area contributed by atoms with Crippen molar-refractivity contribution in [3.63, 3.8) is 0 Å². The van der Waals surface area contributed by atoms with Crippen LogP contribution in [0.25, 0.3) is 0 Å². The Bertz CT molecular complexity index is 2130. The third-order valence-electron chi connectivity index (χ3n) is 9.31. The Kier molecular flexibility index (Phi) is 25.5. The first-order valence-electron chi connectivity index (χ1n) is 17.4. The van der Waals surface area contributed by atoms with Crippen LogP contribution in [0.15, 0.2) is 60.3 Å². The van der Waals surface area contributed by atoms with Gasteiger partial charge in [0, 0.05) is 82.5 Å². The van der Waals surface area contributed by atoms with Crippen LogP contribution < -0.4 is 174 Å². The van der Waals surface area contributed by atoms with E-state index in [-0.39, 0.29) is 193 Å². The van der Waals surface area contributed by atoms with Gasteiger partial charge in [0.05, 0.1) is 49.0 Å². The van der Waals surface area contributed by atoms with Crippen LogP contribution in [0, 0.1) is 0 Å². The van der Waals surface area contributed by atoms with E-state index in [9.17, 15) is 44.2 Å². The molecule has 0 radical (unpaired) electrons. The van der Waals surface area contributed by atoms with E-state index >= 15 is 0 Å². The number of hydrogen-bond acceptors (Lipinski definition) is 16. The van der Waals surface area contributed by atoms with Crippen molar-refractivity contribution in [2.75, 3.05) is 54.2 Å². The summed E-state index contributed by atoms with van der Waals surface area (Å²) < 4.78 is 120. The summed E-state index contributed by atoms with van der Waals surface area (Å²) in [5.74, 6) is -0.119. The van der Waals surface area contributed by atoms with Gasteiger partial charge in [-0.05, 0) is 75.1 Å². The third kappa shape index (κ3) is 17.3. The van der Waals surface area contributed by atoms with Gasteiger partial charge in [0.1, 0.15) is 18.0 Å². The van der Waals surface area contributed by atoms with Gasteiger partial charge in [-0.25, -0.2) is 25.3 Å². The van der Waals surface area contributed by atoms with Crippen LogP contribution in [0.5, 0.6) is 11.5 Å². The van der Waals surface area contributed by atoms with Crippen molar-refractivity contribution in [3.05, 3.63) is 71.5 Å². The maximum atomic E-state index is 11.5. The van der Waals surface area contributed by atoms with E-state index < -0.39 is 58.4 Å². The van der Waals surface area contributed by atoms with Gasteiger partial charge in [0.2, 0.25) is 5.69 Å². The number of ether oxygens (including phenoxy) is 2. The van der Waals surface area contributed by atoms with E-state index in [4.69, 9.17) is 9.47 Å². The molecule has 0 atom stereocenters. The van der Waals surface area contributed by atoms with Gasteiger partial charge in [-0.2, -0.15) is 8.91 Å². The molecule has 0 fully saturated rings. The smallest absolute Gasteiger partial charge is 0.748 e. The van der Waals surface area contributed by atoms with Crippen LogP contribution in [-0.2, 0) is 50.6 Å². The molecule has 0 spiro atoms. The van der Waals surface area contributed by atoms with E-state index in [2.05, 4.69) is 9.37 Å². The Hall–Kier alpha value is 1.86. The molecular weight excluding hydrogens is 918 g/mol. The van der Waals surface area contributed by atoms with Gasteiger partial charge in [-0.3, -0.25) is 5.04 Å². The Morgan fingerprint density at radius 1 is 0.741 bits per heavy atom. The molecule has 2 aromatic carbocycles. The molecule has 23 heteroatoms. The zero-order valence-corrected chi connectivity index (χ0v) is 46.6.